The molecule has 0 unspecified atom stereocenters. The molecule has 0 saturated heterocycles. The van der Waals surface area contributed by atoms with Crippen LogP contribution in [-0.2, 0) is 0 Å². The fraction of sp³-hybridized carbons (Fsp3) is 0.300. The lowest BCUT2D eigenvalue weighted by Gasteiger charge is -2.07. The summed E-state index contributed by atoms with van der Waals surface area (Å²) in [4.78, 5) is 4.22. The molecule has 6 heteroatoms. The number of nitrogens with zero attached hydrogens (tertiary/aromatic N) is 2. The largest absolute Gasteiger partial charge is 0.488 e. The number of benzene rings is 1. The summed E-state index contributed by atoms with van der Waals surface area (Å²) in [5.41, 5.74) is 2.26. The van der Waals surface area contributed by atoms with Crippen molar-refractivity contribution in [2.45, 2.75) is 19.9 Å². The van der Waals surface area contributed by atoms with Crippen LogP contribution in [0.3, 0.4) is 0 Å². The van der Waals surface area contributed by atoms with E-state index in [4.69, 9.17) is 10.0 Å². The van der Waals surface area contributed by atoms with Crippen LogP contribution in [0.2, 0.25) is 0 Å². The SMILES string of the molecule is CC(C)n1cnc2cc(B(O)O)ccc21.Cl. The standard InChI is InChI=1S/C10H13BN2O2.ClH/c1-7(2)13-6-12-9-5-8(11(14)15)3-4-10(9)13;/h3-7,14-15H,1-2H3;1H. The van der Waals surface area contributed by atoms with Gasteiger partial charge in [0.15, 0.2) is 0 Å². The molecule has 0 aliphatic rings. The minimum absolute atomic E-state index is 0. The number of hydrogen-bond donors (Lipinski definition) is 2. The van der Waals surface area contributed by atoms with Crippen molar-refractivity contribution in [2.24, 2.45) is 0 Å². The molecule has 0 radical (unpaired) electrons. The molecule has 2 N–H and O–H groups in total. The molecule has 2 aromatic rings. The molecule has 1 heterocycles. The van der Waals surface area contributed by atoms with Gasteiger partial charge in [0.2, 0.25) is 0 Å². The van der Waals surface area contributed by atoms with Crippen molar-refractivity contribution < 1.29 is 10.0 Å². The van der Waals surface area contributed by atoms with Crippen LogP contribution < -0.4 is 5.46 Å². The zero-order valence-corrected chi connectivity index (χ0v) is 9.98. The molecule has 0 fully saturated rings. The zero-order chi connectivity index (χ0) is 11.0. The predicted octanol–water partition coefficient (Wildman–Crippen LogP) is 0.719. The fourth-order valence-electron chi connectivity index (χ4n) is 1.62. The number of rotatable bonds is 2. The minimum Gasteiger partial charge on any atom is -0.423 e. The second kappa shape index (κ2) is 4.87. The van der Waals surface area contributed by atoms with Gasteiger partial charge in [-0.15, -0.1) is 12.4 Å². The van der Waals surface area contributed by atoms with Gasteiger partial charge in [-0.05, 0) is 31.4 Å². The molecule has 1 aromatic heterocycles. The Morgan fingerprint density at radius 1 is 1.31 bits per heavy atom. The molecule has 0 aliphatic carbocycles. The normalized spacial score (nSPS) is 10.6. The summed E-state index contributed by atoms with van der Waals surface area (Å²) in [5, 5.41) is 18.0. The molecule has 0 bridgehead atoms. The van der Waals surface area contributed by atoms with E-state index in [-0.39, 0.29) is 12.4 Å². The smallest absolute Gasteiger partial charge is 0.423 e. The summed E-state index contributed by atoms with van der Waals surface area (Å²) >= 11 is 0. The monoisotopic (exact) mass is 240 g/mol. The van der Waals surface area contributed by atoms with E-state index in [0.717, 1.165) is 11.0 Å². The van der Waals surface area contributed by atoms with E-state index in [1.54, 1.807) is 18.5 Å². The van der Waals surface area contributed by atoms with Crippen LogP contribution in [0.25, 0.3) is 11.0 Å². The van der Waals surface area contributed by atoms with E-state index in [0.29, 0.717) is 11.5 Å². The first-order valence-electron chi connectivity index (χ1n) is 4.92. The first-order chi connectivity index (χ1) is 7.09. The molecule has 86 valence electrons. The summed E-state index contributed by atoms with van der Waals surface area (Å²) in [5.74, 6) is 0. The Bertz CT molecular complexity index is 485. The van der Waals surface area contributed by atoms with Crippen LogP contribution in [0.15, 0.2) is 24.5 Å². The molecule has 2 rings (SSSR count). The van der Waals surface area contributed by atoms with Gasteiger partial charge in [-0.3, -0.25) is 0 Å². The van der Waals surface area contributed by atoms with Crippen molar-refractivity contribution in [3.05, 3.63) is 24.5 Å². The molecular weight excluding hydrogens is 226 g/mol. The molecule has 1 aromatic carbocycles. The third kappa shape index (κ3) is 2.21. The van der Waals surface area contributed by atoms with Gasteiger partial charge in [0, 0.05) is 6.04 Å². The first kappa shape index (κ1) is 13.0. The number of fused-ring (bicyclic) bond motifs is 1. The van der Waals surface area contributed by atoms with Crippen LogP contribution in [0, 0.1) is 0 Å². The molecule has 0 atom stereocenters. The highest BCUT2D eigenvalue weighted by Gasteiger charge is 2.13. The van der Waals surface area contributed by atoms with Gasteiger partial charge in [-0.2, -0.15) is 0 Å². The Hall–Kier alpha value is -1.04. The lowest BCUT2D eigenvalue weighted by atomic mass is 9.80. The van der Waals surface area contributed by atoms with Gasteiger partial charge < -0.3 is 14.6 Å². The van der Waals surface area contributed by atoms with Crippen molar-refractivity contribution in [1.82, 2.24) is 9.55 Å². The minimum atomic E-state index is -1.43. The van der Waals surface area contributed by atoms with E-state index in [9.17, 15) is 0 Å². The second-order valence-corrected chi connectivity index (χ2v) is 3.87. The Morgan fingerprint density at radius 2 is 2.00 bits per heavy atom. The number of imidazole rings is 1. The van der Waals surface area contributed by atoms with Gasteiger partial charge in [0.1, 0.15) is 0 Å². The third-order valence-corrected chi connectivity index (χ3v) is 2.45. The van der Waals surface area contributed by atoms with E-state index < -0.39 is 7.12 Å². The van der Waals surface area contributed by atoms with Crippen molar-refractivity contribution in [3.63, 3.8) is 0 Å². The second-order valence-electron chi connectivity index (χ2n) is 3.87. The third-order valence-electron chi connectivity index (χ3n) is 2.45. The van der Waals surface area contributed by atoms with E-state index >= 15 is 0 Å². The molecule has 0 amide bonds. The molecular formula is C10H14BClN2O2. The summed E-state index contributed by atoms with van der Waals surface area (Å²) in [6.07, 6.45) is 1.77. The van der Waals surface area contributed by atoms with Gasteiger partial charge in [0.25, 0.3) is 0 Å². The highest BCUT2D eigenvalue weighted by molar-refractivity contribution is 6.58. The van der Waals surface area contributed by atoms with Gasteiger partial charge in [0.05, 0.1) is 17.4 Å². The summed E-state index contributed by atoms with van der Waals surface area (Å²) < 4.78 is 2.04. The van der Waals surface area contributed by atoms with Crippen molar-refractivity contribution in [2.75, 3.05) is 0 Å². The van der Waals surface area contributed by atoms with Crippen LogP contribution >= 0.6 is 12.4 Å². The summed E-state index contributed by atoms with van der Waals surface area (Å²) in [6.45, 7) is 4.16. The van der Waals surface area contributed by atoms with E-state index in [1.165, 1.54) is 0 Å². The van der Waals surface area contributed by atoms with Gasteiger partial charge in [-0.25, -0.2) is 4.98 Å². The maximum Gasteiger partial charge on any atom is 0.488 e. The number of halogens is 1. The van der Waals surface area contributed by atoms with Crippen molar-refractivity contribution in [1.29, 1.82) is 0 Å². The van der Waals surface area contributed by atoms with E-state index in [2.05, 4.69) is 18.8 Å². The number of aromatic nitrogens is 2. The average Bonchev–Trinajstić information content (AvgIpc) is 2.59. The highest BCUT2D eigenvalue weighted by atomic mass is 35.5. The molecule has 16 heavy (non-hydrogen) atoms. The molecule has 4 nitrogen and oxygen atoms in total. The van der Waals surface area contributed by atoms with Crippen molar-refractivity contribution in [3.8, 4) is 0 Å². The lowest BCUT2D eigenvalue weighted by Crippen LogP contribution is -2.29. The van der Waals surface area contributed by atoms with E-state index in [1.807, 2.05) is 10.6 Å². The van der Waals surface area contributed by atoms with Gasteiger partial charge in [-0.1, -0.05) is 6.07 Å². The maximum atomic E-state index is 9.02. The van der Waals surface area contributed by atoms with Crippen LogP contribution in [0.1, 0.15) is 19.9 Å². The Kier molecular flexibility index (Phi) is 3.96. The van der Waals surface area contributed by atoms with Crippen LogP contribution in [-0.4, -0.2) is 26.7 Å². The zero-order valence-electron chi connectivity index (χ0n) is 9.16. The Balaban J connectivity index is 0.00000128. The Labute approximate surface area is 100 Å². The first-order valence-corrected chi connectivity index (χ1v) is 4.92. The fourth-order valence-corrected chi connectivity index (χ4v) is 1.62. The van der Waals surface area contributed by atoms with Gasteiger partial charge >= 0.3 is 7.12 Å². The molecule has 0 spiro atoms. The lowest BCUT2D eigenvalue weighted by molar-refractivity contribution is 0.426. The summed E-state index contributed by atoms with van der Waals surface area (Å²) in [7, 11) is -1.43. The predicted molar refractivity (Wildman–Crippen MR) is 67.2 cm³/mol. The Morgan fingerprint density at radius 3 is 2.56 bits per heavy atom. The topological polar surface area (TPSA) is 58.3 Å². The maximum absolute atomic E-state index is 9.02. The molecule has 0 aliphatic heterocycles. The van der Waals surface area contributed by atoms with Crippen LogP contribution in [0.4, 0.5) is 0 Å². The number of hydrogen-bond acceptors (Lipinski definition) is 3. The van der Waals surface area contributed by atoms with Crippen LogP contribution in [0.5, 0.6) is 0 Å². The average molecular weight is 240 g/mol. The quantitative estimate of drug-likeness (QED) is 0.761. The summed E-state index contributed by atoms with van der Waals surface area (Å²) in [6, 6.07) is 5.60. The highest BCUT2D eigenvalue weighted by Crippen LogP contribution is 2.15. The van der Waals surface area contributed by atoms with Crippen molar-refractivity contribution >= 4 is 36.0 Å². The molecule has 0 saturated carbocycles.